The van der Waals surface area contributed by atoms with Crippen LogP contribution in [0.3, 0.4) is 0 Å². The molecule has 0 saturated carbocycles. The smallest absolute Gasteiger partial charge is 0.191 e. The number of rotatable bonds is 7. The highest BCUT2D eigenvalue weighted by Crippen LogP contribution is 2.22. The summed E-state index contributed by atoms with van der Waals surface area (Å²) in [5, 5.41) is 8.40. The van der Waals surface area contributed by atoms with Crippen molar-refractivity contribution in [2.75, 3.05) is 23.8 Å². The second-order valence-electron chi connectivity index (χ2n) is 6.10. The Morgan fingerprint density at radius 1 is 1.23 bits per heavy atom. The Bertz CT molecular complexity index is 759. The number of nitrogens with zero attached hydrogens (tertiary/aromatic N) is 2. The molecule has 0 fully saturated rings. The zero-order valence-electron chi connectivity index (χ0n) is 15.4. The zero-order chi connectivity index (χ0) is 18.9. The van der Waals surface area contributed by atoms with Gasteiger partial charge >= 0.3 is 0 Å². The highest BCUT2D eigenvalue weighted by atomic mass is 35.5. The van der Waals surface area contributed by atoms with E-state index in [9.17, 15) is 0 Å². The Balaban J connectivity index is 1.87. The van der Waals surface area contributed by atoms with Crippen LogP contribution >= 0.6 is 23.8 Å². The molecule has 0 heterocycles. The summed E-state index contributed by atoms with van der Waals surface area (Å²) in [6.07, 6.45) is 4.14. The molecule has 0 aliphatic heterocycles. The fourth-order valence-electron chi connectivity index (χ4n) is 2.40. The van der Waals surface area contributed by atoms with Crippen LogP contribution in [0.25, 0.3) is 0 Å². The van der Waals surface area contributed by atoms with Crippen molar-refractivity contribution in [3.05, 3.63) is 58.6 Å². The summed E-state index contributed by atoms with van der Waals surface area (Å²) in [4.78, 5) is 2.26. The second-order valence-corrected chi connectivity index (χ2v) is 6.92. The maximum Gasteiger partial charge on any atom is 0.191 e. The number of thiocarbonyl (C=S) groups is 1. The van der Waals surface area contributed by atoms with Gasteiger partial charge in [0, 0.05) is 30.0 Å². The number of hydrogen-bond donors (Lipinski definition) is 2. The van der Waals surface area contributed by atoms with Crippen LogP contribution in [0.2, 0.25) is 5.02 Å². The first kappa shape index (κ1) is 20.2. The van der Waals surface area contributed by atoms with Gasteiger partial charge in [-0.3, -0.25) is 5.43 Å². The molecule has 26 heavy (non-hydrogen) atoms. The molecular weight excluding hydrogens is 364 g/mol. The van der Waals surface area contributed by atoms with Crippen LogP contribution in [0.15, 0.2) is 47.6 Å². The molecule has 0 spiro atoms. The van der Waals surface area contributed by atoms with Crippen molar-refractivity contribution >= 4 is 46.5 Å². The third kappa shape index (κ3) is 6.00. The molecular formula is C20H25ClN4S. The van der Waals surface area contributed by atoms with Crippen molar-refractivity contribution in [3.63, 3.8) is 0 Å². The topological polar surface area (TPSA) is 39.7 Å². The van der Waals surface area contributed by atoms with Crippen LogP contribution in [-0.4, -0.2) is 24.9 Å². The fourth-order valence-corrected chi connectivity index (χ4v) is 2.74. The van der Waals surface area contributed by atoms with Gasteiger partial charge in [-0.05, 0) is 61.0 Å². The van der Waals surface area contributed by atoms with E-state index in [1.54, 1.807) is 6.21 Å². The molecule has 138 valence electrons. The Hall–Kier alpha value is -2.11. The van der Waals surface area contributed by atoms with E-state index in [1.807, 2.05) is 37.3 Å². The first-order valence-electron chi connectivity index (χ1n) is 8.67. The number of hydrogen-bond acceptors (Lipinski definition) is 3. The van der Waals surface area contributed by atoms with E-state index in [1.165, 1.54) is 18.5 Å². The molecule has 6 heteroatoms. The molecule has 4 nitrogen and oxygen atoms in total. The maximum atomic E-state index is 6.11. The third-order valence-corrected chi connectivity index (χ3v) is 4.68. The number of nitrogens with one attached hydrogen (secondary N) is 2. The summed E-state index contributed by atoms with van der Waals surface area (Å²) in [6, 6.07) is 13.9. The second kappa shape index (κ2) is 10.1. The molecule has 0 aliphatic rings. The van der Waals surface area contributed by atoms with E-state index in [-0.39, 0.29) is 0 Å². The van der Waals surface area contributed by atoms with E-state index in [0.29, 0.717) is 10.1 Å². The van der Waals surface area contributed by atoms with Crippen LogP contribution in [0.5, 0.6) is 0 Å². The van der Waals surface area contributed by atoms with Crippen molar-refractivity contribution in [3.8, 4) is 0 Å². The minimum atomic E-state index is 0.419. The monoisotopic (exact) mass is 388 g/mol. The van der Waals surface area contributed by atoms with Crippen LogP contribution in [0.1, 0.15) is 30.9 Å². The van der Waals surface area contributed by atoms with E-state index < -0.39 is 0 Å². The van der Waals surface area contributed by atoms with Gasteiger partial charge in [-0.25, -0.2) is 0 Å². The van der Waals surface area contributed by atoms with Crippen LogP contribution in [0, 0.1) is 6.92 Å². The lowest BCUT2D eigenvalue weighted by Crippen LogP contribution is -2.24. The van der Waals surface area contributed by atoms with Gasteiger partial charge in [-0.1, -0.05) is 43.1 Å². The molecule has 2 aromatic carbocycles. The van der Waals surface area contributed by atoms with Crippen molar-refractivity contribution < 1.29 is 0 Å². The van der Waals surface area contributed by atoms with Crippen molar-refractivity contribution in [1.29, 1.82) is 0 Å². The molecule has 0 atom stereocenters. The molecule has 0 unspecified atom stereocenters. The summed E-state index contributed by atoms with van der Waals surface area (Å²) in [6.45, 7) is 5.21. The molecule has 0 aliphatic carbocycles. The predicted molar refractivity (Wildman–Crippen MR) is 118 cm³/mol. The Kier molecular flexibility index (Phi) is 7.88. The van der Waals surface area contributed by atoms with Gasteiger partial charge < -0.3 is 10.2 Å². The van der Waals surface area contributed by atoms with Gasteiger partial charge in [0.1, 0.15) is 0 Å². The SMILES string of the molecule is CCCCN(C)c1ccc(C=NNC(=S)Nc2cccc(Cl)c2C)cc1. The minimum Gasteiger partial charge on any atom is -0.375 e. The van der Waals surface area contributed by atoms with Gasteiger partial charge in [0.05, 0.1) is 6.21 Å². The lowest BCUT2D eigenvalue weighted by atomic mass is 10.2. The first-order chi connectivity index (χ1) is 12.5. The third-order valence-electron chi connectivity index (χ3n) is 4.08. The van der Waals surface area contributed by atoms with Crippen molar-refractivity contribution in [2.45, 2.75) is 26.7 Å². The van der Waals surface area contributed by atoms with Crippen molar-refractivity contribution in [1.82, 2.24) is 5.43 Å². The lowest BCUT2D eigenvalue weighted by Gasteiger charge is -2.18. The largest absolute Gasteiger partial charge is 0.375 e. The van der Waals surface area contributed by atoms with Gasteiger partial charge in [0.25, 0.3) is 0 Å². The van der Waals surface area contributed by atoms with E-state index in [2.05, 4.69) is 46.8 Å². The molecule has 2 rings (SSSR count). The summed E-state index contributed by atoms with van der Waals surface area (Å²) in [7, 11) is 2.11. The molecule has 0 bridgehead atoms. The molecule has 0 saturated heterocycles. The van der Waals surface area contributed by atoms with Crippen LogP contribution in [0.4, 0.5) is 11.4 Å². The number of anilines is 2. The molecule has 0 aromatic heterocycles. The summed E-state index contributed by atoms with van der Waals surface area (Å²) < 4.78 is 0. The number of halogens is 1. The van der Waals surface area contributed by atoms with E-state index >= 15 is 0 Å². The predicted octanol–water partition coefficient (Wildman–Crippen LogP) is 5.21. The lowest BCUT2D eigenvalue weighted by molar-refractivity contribution is 0.767. The number of benzene rings is 2. The van der Waals surface area contributed by atoms with Crippen LogP contribution < -0.4 is 15.6 Å². The summed E-state index contributed by atoms with van der Waals surface area (Å²) in [5.41, 5.74) is 6.85. The maximum absolute atomic E-state index is 6.11. The highest BCUT2D eigenvalue weighted by Gasteiger charge is 2.03. The first-order valence-corrected chi connectivity index (χ1v) is 9.46. The number of unbranched alkanes of at least 4 members (excludes halogenated alkanes) is 1. The highest BCUT2D eigenvalue weighted by molar-refractivity contribution is 7.80. The standard InChI is InChI=1S/C20H25ClN4S/c1-4-5-13-25(3)17-11-9-16(10-12-17)14-22-24-20(26)23-19-8-6-7-18(21)15(19)2/h6-12,14H,4-5,13H2,1-3H3,(H2,23,24,26). The van der Waals surface area contributed by atoms with E-state index in [0.717, 1.165) is 23.4 Å². The normalized spacial score (nSPS) is 10.8. The molecule has 0 amide bonds. The molecule has 2 N–H and O–H groups in total. The molecule has 0 radical (unpaired) electrons. The number of hydrazone groups is 1. The summed E-state index contributed by atoms with van der Waals surface area (Å²) >= 11 is 11.4. The van der Waals surface area contributed by atoms with Crippen molar-refractivity contribution in [2.24, 2.45) is 5.10 Å². The van der Waals surface area contributed by atoms with E-state index in [4.69, 9.17) is 23.8 Å². The zero-order valence-corrected chi connectivity index (χ0v) is 17.0. The van der Waals surface area contributed by atoms with Gasteiger partial charge in [-0.15, -0.1) is 0 Å². The quantitative estimate of drug-likeness (QED) is 0.388. The minimum absolute atomic E-state index is 0.419. The van der Waals surface area contributed by atoms with Crippen LogP contribution in [-0.2, 0) is 0 Å². The average Bonchev–Trinajstić information content (AvgIpc) is 2.64. The van der Waals surface area contributed by atoms with Gasteiger partial charge in [0.2, 0.25) is 0 Å². The molecule has 2 aromatic rings. The Morgan fingerprint density at radius 2 is 1.96 bits per heavy atom. The summed E-state index contributed by atoms with van der Waals surface area (Å²) in [5.74, 6) is 0. The fraction of sp³-hybridized carbons (Fsp3) is 0.300. The Morgan fingerprint density at radius 3 is 2.65 bits per heavy atom. The Labute approximate surface area is 166 Å². The average molecular weight is 389 g/mol. The van der Waals surface area contributed by atoms with Gasteiger partial charge in [0.15, 0.2) is 5.11 Å². The van der Waals surface area contributed by atoms with Gasteiger partial charge in [-0.2, -0.15) is 5.10 Å².